The van der Waals surface area contributed by atoms with Gasteiger partial charge in [-0.25, -0.2) is 4.98 Å². The second-order valence-corrected chi connectivity index (χ2v) is 13.0. The summed E-state index contributed by atoms with van der Waals surface area (Å²) in [7, 11) is 0. The molecule has 0 atom stereocenters. The lowest BCUT2D eigenvalue weighted by Gasteiger charge is -2.15. The topological polar surface area (TPSA) is 26.0 Å². The summed E-state index contributed by atoms with van der Waals surface area (Å²) >= 11 is 0. The number of hydrogen-bond donors (Lipinski definition) is 0. The quantitative estimate of drug-likeness (QED) is 0.180. The van der Waals surface area contributed by atoms with Crippen LogP contribution < -0.4 is 0 Å². The monoisotopic (exact) mass is 621 g/mol. The zero-order chi connectivity index (χ0) is 32.1. The molecule has 0 fully saturated rings. The Hall–Kier alpha value is -6.51. The highest BCUT2D eigenvalue weighted by Gasteiger charge is 2.19. The van der Waals surface area contributed by atoms with E-state index in [0.717, 1.165) is 55.2 Å². The molecule has 0 aliphatic rings. The minimum atomic E-state index is 0.906. The number of furan rings is 1. The van der Waals surface area contributed by atoms with Crippen LogP contribution in [0, 0.1) is 0 Å². The van der Waals surface area contributed by atoms with Gasteiger partial charge in [-0.2, -0.15) is 0 Å². The van der Waals surface area contributed by atoms with E-state index in [0.29, 0.717) is 0 Å². The molecule has 0 spiro atoms. The van der Waals surface area contributed by atoms with Crippen molar-refractivity contribution < 1.29 is 4.42 Å². The Labute approximate surface area is 281 Å². The summed E-state index contributed by atoms with van der Waals surface area (Å²) in [4.78, 5) is 5.54. The molecule has 2 nitrogen and oxygen atoms in total. The van der Waals surface area contributed by atoms with Crippen LogP contribution in [0.15, 0.2) is 168 Å². The third kappa shape index (κ3) is 3.80. The molecule has 0 amide bonds. The predicted molar refractivity (Wildman–Crippen MR) is 207 cm³/mol. The first-order chi connectivity index (χ1) is 24.3. The van der Waals surface area contributed by atoms with E-state index in [1.807, 2.05) is 0 Å². The normalized spacial score (nSPS) is 12.1. The summed E-state index contributed by atoms with van der Waals surface area (Å²) in [5.74, 6) is 0. The third-order valence-corrected chi connectivity index (χ3v) is 10.4. The Bertz CT molecular complexity index is 3170. The van der Waals surface area contributed by atoms with Crippen LogP contribution in [0.2, 0.25) is 0 Å². The van der Waals surface area contributed by atoms with Gasteiger partial charge in [0.05, 0.1) is 11.2 Å². The zero-order valence-corrected chi connectivity index (χ0v) is 26.4. The minimum Gasteiger partial charge on any atom is -0.455 e. The van der Waals surface area contributed by atoms with Crippen LogP contribution in [0.1, 0.15) is 0 Å². The van der Waals surface area contributed by atoms with Crippen molar-refractivity contribution in [1.29, 1.82) is 0 Å². The van der Waals surface area contributed by atoms with E-state index < -0.39 is 0 Å². The van der Waals surface area contributed by atoms with E-state index in [4.69, 9.17) is 9.40 Å². The van der Waals surface area contributed by atoms with Gasteiger partial charge in [0, 0.05) is 38.1 Å². The number of nitrogens with zero attached hydrogens (tertiary/aromatic N) is 1. The molecule has 0 aliphatic carbocycles. The van der Waals surface area contributed by atoms with Crippen molar-refractivity contribution in [3.8, 4) is 22.4 Å². The predicted octanol–water partition coefficient (Wildman–Crippen LogP) is 13.2. The first kappa shape index (κ1) is 26.5. The van der Waals surface area contributed by atoms with Gasteiger partial charge in [-0.15, -0.1) is 0 Å². The van der Waals surface area contributed by atoms with Crippen molar-refractivity contribution in [3.63, 3.8) is 0 Å². The summed E-state index contributed by atoms with van der Waals surface area (Å²) in [6.45, 7) is 0. The molecule has 0 saturated heterocycles. The molecule has 0 aliphatic heterocycles. The number of pyridine rings is 1. The number of aromatic nitrogens is 1. The molecule has 2 heteroatoms. The molecule has 0 bridgehead atoms. The molecule has 2 heterocycles. The van der Waals surface area contributed by atoms with Gasteiger partial charge < -0.3 is 4.42 Å². The average molecular weight is 622 g/mol. The lowest BCUT2D eigenvalue weighted by molar-refractivity contribution is 0.671. The summed E-state index contributed by atoms with van der Waals surface area (Å²) in [5, 5.41) is 15.5. The van der Waals surface area contributed by atoms with Crippen LogP contribution in [0.5, 0.6) is 0 Å². The highest BCUT2D eigenvalue weighted by atomic mass is 16.3. The van der Waals surface area contributed by atoms with E-state index in [-0.39, 0.29) is 0 Å². The lowest BCUT2D eigenvalue weighted by Crippen LogP contribution is -1.93. The van der Waals surface area contributed by atoms with E-state index in [9.17, 15) is 0 Å². The maximum Gasteiger partial charge on any atom is 0.143 e. The van der Waals surface area contributed by atoms with Gasteiger partial charge in [0.2, 0.25) is 0 Å². The van der Waals surface area contributed by atoms with Gasteiger partial charge in [0.1, 0.15) is 11.2 Å². The summed E-state index contributed by atoms with van der Waals surface area (Å²) in [6, 6.07) is 58.9. The van der Waals surface area contributed by atoms with Gasteiger partial charge in [-0.3, -0.25) is 0 Å². The van der Waals surface area contributed by atoms with Gasteiger partial charge in [0.25, 0.3) is 0 Å². The smallest absolute Gasteiger partial charge is 0.143 e. The van der Waals surface area contributed by atoms with Gasteiger partial charge in [-0.1, -0.05) is 140 Å². The lowest BCUT2D eigenvalue weighted by atomic mass is 9.91. The maximum absolute atomic E-state index is 6.80. The number of hydrogen-bond acceptors (Lipinski definition) is 2. The molecule has 226 valence electrons. The van der Waals surface area contributed by atoms with Crippen molar-refractivity contribution in [1.82, 2.24) is 4.98 Å². The van der Waals surface area contributed by atoms with Crippen LogP contribution in [-0.4, -0.2) is 4.98 Å². The molecular weight excluding hydrogens is 595 g/mol. The Morgan fingerprint density at radius 2 is 0.939 bits per heavy atom. The van der Waals surface area contributed by atoms with Crippen LogP contribution in [0.3, 0.4) is 0 Å². The van der Waals surface area contributed by atoms with Crippen LogP contribution in [-0.2, 0) is 0 Å². The molecule has 49 heavy (non-hydrogen) atoms. The van der Waals surface area contributed by atoms with E-state index >= 15 is 0 Å². The summed E-state index contributed by atoms with van der Waals surface area (Å²) in [6.07, 6.45) is 0. The Morgan fingerprint density at radius 1 is 0.367 bits per heavy atom. The van der Waals surface area contributed by atoms with Gasteiger partial charge >= 0.3 is 0 Å². The van der Waals surface area contributed by atoms with E-state index in [1.165, 1.54) is 53.9 Å². The van der Waals surface area contributed by atoms with Crippen molar-refractivity contribution in [3.05, 3.63) is 164 Å². The first-order valence-electron chi connectivity index (χ1n) is 16.8. The zero-order valence-electron chi connectivity index (χ0n) is 26.4. The van der Waals surface area contributed by atoms with Crippen molar-refractivity contribution in [2.75, 3.05) is 0 Å². The number of fused-ring (bicyclic) bond motifs is 14. The highest BCUT2D eigenvalue weighted by molar-refractivity contribution is 6.31. The average Bonchev–Trinajstić information content (AvgIpc) is 3.55. The largest absolute Gasteiger partial charge is 0.455 e. The molecule has 0 radical (unpaired) electrons. The second kappa shape index (κ2) is 10.00. The molecule has 9 aromatic carbocycles. The van der Waals surface area contributed by atoms with E-state index in [2.05, 4.69) is 164 Å². The molecule has 11 rings (SSSR count). The second-order valence-electron chi connectivity index (χ2n) is 13.0. The molecular formula is C47H27NO. The van der Waals surface area contributed by atoms with Crippen LogP contribution in [0.4, 0.5) is 0 Å². The third-order valence-electron chi connectivity index (χ3n) is 10.4. The number of benzene rings is 9. The molecule has 0 unspecified atom stereocenters. The fraction of sp³-hybridized carbons (Fsp3) is 0. The fourth-order valence-electron chi connectivity index (χ4n) is 8.17. The van der Waals surface area contributed by atoms with Crippen molar-refractivity contribution in [2.24, 2.45) is 0 Å². The maximum atomic E-state index is 6.80. The van der Waals surface area contributed by atoms with E-state index in [1.54, 1.807) is 0 Å². The van der Waals surface area contributed by atoms with Crippen molar-refractivity contribution in [2.45, 2.75) is 0 Å². The SMILES string of the molecule is c1cc(-c2nc3c4ccccc4c4ccccc4c3c3ccccc23)cc(-c2cc3ccccc3c3c2oc2cc4ccccc4cc23)c1. The first-order valence-corrected chi connectivity index (χ1v) is 16.8. The molecule has 11 aromatic rings. The van der Waals surface area contributed by atoms with Crippen molar-refractivity contribution >= 4 is 86.7 Å². The number of rotatable bonds is 2. The molecule has 2 aromatic heterocycles. The Balaban J connectivity index is 1.21. The fourth-order valence-corrected chi connectivity index (χ4v) is 8.17. The molecule has 0 N–H and O–H groups in total. The summed E-state index contributed by atoms with van der Waals surface area (Å²) in [5.41, 5.74) is 7.10. The molecule has 0 saturated carbocycles. The Morgan fingerprint density at radius 3 is 1.71 bits per heavy atom. The standard InChI is InChI=1S/C47H27NO/c1-2-13-29-27-42-41(25-28(29)12-1)44-33-17-4-3-14-31(33)26-40(47(44)49-42)30-15-11-16-32(24-30)45-39-23-10-8-21-37(39)43-36-20-7-5-18-34(36)35-19-6-9-22-38(35)46(43)48-45/h1-27H. The summed E-state index contributed by atoms with van der Waals surface area (Å²) < 4.78 is 6.80. The minimum absolute atomic E-state index is 0.906. The van der Waals surface area contributed by atoms with Crippen LogP contribution >= 0.6 is 0 Å². The highest BCUT2D eigenvalue weighted by Crippen LogP contribution is 2.44. The van der Waals surface area contributed by atoms with Gasteiger partial charge in [0.15, 0.2) is 0 Å². The Kier molecular flexibility index (Phi) is 5.42. The van der Waals surface area contributed by atoms with Gasteiger partial charge in [-0.05, 0) is 72.9 Å². The van der Waals surface area contributed by atoms with Crippen LogP contribution in [0.25, 0.3) is 109 Å².